The summed E-state index contributed by atoms with van der Waals surface area (Å²) >= 11 is 0. The van der Waals surface area contributed by atoms with Crippen LogP contribution in [0, 0.1) is 0 Å². The molecule has 1 aliphatic rings. The Labute approximate surface area is 166 Å². The molecule has 7 heteroatoms. The van der Waals surface area contributed by atoms with Crippen molar-refractivity contribution in [2.75, 3.05) is 40.4 Å². The first-order chi connectivity index (χ1) is 13.2. The highest BCUT2D eigenvalue weighted by Gasteiger charge is 2.25. The van der Waals surface area contributed by atoms with Crippen LogP contribution in [-0.4, -0.2) is 67.8 Å². The van der Waals surface area contributed by atoms with Gasteiger partial charge in [-0.2, -0.15) is 0 Å². The van der Waals surface area contributed by atoms with Crippen LogP contribution >= 0.6 is 0 Å². The molecular weight excluding hydrogens is 360 g/mol. The largest absolute Gasteiger partial charge is 0.493 e. The first kappa shape index (κ1) is 21.6. The molecule has 0 saturated carbocycles. The maximum Gasteiger partial charge on any atom is 0.410 e. The first-order valence-corrected chi connectivity index (χ1v) is 9.40. The van der Waals surface area contributed by atoms with Crippen molar-refractivity contribution in [2.45, 2.75) is 32.8 Å². The number of ether oxygens (including phenoxy) is 3. The molecule has 28 heavy (non-hydrogen) atoms. The molecule has 1 aromatic carbocycles. The van der Waals surface area contributed by atoms with Crippen LogP contribution in [0.2, 0.25) is 0 Å². The Hall–Kier alpha value is -2.70. The lowest BCUT2D eigenvalue weighted by Crippen LogP contribution is -2.39. The van der Waals surface area contributed by atoms with E-state index >= 15 is 0 Å². The van der Waals surface area contributed by atoms with Crippen molar-refractivity contribution in [3.63, 3.8) is 0 Å². The Morgan fingerprint density at radius 1 is 0.964 bits per heavy atom. The lowest BCUT2D eigenvalue weighted by Gasteiger charge is -2.26. The maximum absolute atomic E-state index is 12.6. The van der Waals surface area contributed by atoms with E-state index in [0.717, 1.165) is 12.0 Å². The molecule has 1 saturated heterocycles. The molecule has 1 fully saturated rings. The molecule has 154 valence electrons. The predicted molar refractivity (Wildman–Crippen MR) is 108 cm³/mol. The van der Waals surface area contributed by atoms with Crippen molar-refractivity contribution < 1.29 is 23.8 Å². The van der Waals surface area contributed by atoms with Crippen LogP contribution in [0.5, 0.6) is 11.5 Å². The Bertz CT molecular complexity index is 724. The number of carbonyl (C=O) groups excluding carboxylic acids is 2. The normalized spacial score (nSPS) is 15.3. The van der Waals surface area contributed by atoms with Crippen molar-refractivity contribution >= 4 is 18.1 Å². The van der Waals surface area contributed by atoms with Crippen molar-refractivity contribution in [3.8, 4) is 11.5 Å². The van der Waals surface area contributed by atoms with E-state index in [-0.39, 0.29) is 12.0 Å². The molecule has 0 aromatic heterocycles. The lowest BCUT2D eigenvalue weighted by atomic mass is 10.2. The van der Waals surface area contributed by atoms with Gasteiger partial charge in [0.15, 0.2) is 11.5 Å². The summed E-state index contributed by atoms with van der Waals surface area (Å²) < 4.78 is 15.9. The summed E-state index contributed by atoms with van der Waals surface area (Å²) in [6.07, 6.45) is 3.68. The minimum absolute atomic E-state index is 0.0826. The van der Waals surface area contributed by atoms with Crippen molar-refractivity contribution in [1.29, 1.82) is 0 Å². The van der Waals surface area contributed by atoms with Crippen LogP contribution in [-0.2, 0) is 9.53 Å². The van der Waals surface area contributed by atoms with Gasteiger partial charge >= 0.3 is 6.09 Å². The summed E-state index contributed by atoms with van der Waals surface area (Å²) in [5.74, 6) is 1.17. The number of carbonyl (C=O) groups is 2. The van der Waals surface area contributed by atoms with E-state index < -0.39 is 5.60 Å². The highest BCUT2D eigenvalue weighted by Crippen LogP contribution is 2.28. The fourth-order valence-electron chi connectivity index (χ4n) is 2.88. The maximum atomic E-state index is 12.6. The average Bonchev–Trinajstić information content (AvgIpc) is 2.90. The zero-order valence-corrected chi connectivity index (χ0v) is 17.4. The zero-order chi connectivity index (χ0) is 20.7. The number of benzene rings is 1. The minimum atomic E-state index is -0.527. The second-order valence-corrected chi connectivity index (χ2v) is 7.59. The van der Waals surface area contributed by atoms with Gasteiger partial charge in [-0.15, -0.1) is 0 Å². The molecule has 0 spiro atoms. The summed E-state index contributed by atoms with van der Waals surface area (Å²) in [7, 11) is 3.15. The topological polar surface area (TPSA) is 68.3 Å². The summed E-state index contributed by atoms with van der Waals surface area (Å²) in [5, 5.41) is 0. The molecule has 1 aromatic rings. The van der Waals surface area contributed by atoms with Gasteiger partial charge in [-0.1, -0.05) is 6.07 Å². The Morgan fingerprint density at radius 2 is 1.61 bits per heavy atom. The van der Waals surface area contributed by atoms with Gasteiger partial charge in [0.2, 0.25) is 5.91 Å². The van der Waals surface area contributed by atoms with Gasteiger partial charge in [0.05, 0.1) is 14.2 Å². The number of rotatable bonds is 4. The molecule has 2 amide bonds. The number of nitrogens with zero attached hydrogens (tertiary/aromatic N) is 2. The van der Waals surface area contributed by atoms with Crippen LogP contribution < -0.4 is 9.47 Å². The van der Waals surface area contributed by atoms with E-state index in [4.69, 9.17) is 14.2 Å². The molecule has 7 nitrogen and oxygen atoms in total. The first-order valence-electron chi connectivity index (χ1n) is 9.40. The number of hydrogen-bond acceptors (Lipinski definition) is 5. The summed E-state index contributed by atoms with van der Waals surface area (Å²) in [5.41, 5.74) is 0.317. The highest BCUT2D eigenvalue weighted by molar-refractivity contribution is 5.92. The monoisotopic (exact) mass is 390 g/mol. The Kier molecular flexibility index (Phi) is 7.31. The highest BCUT2D eigenvalue weighted by atomic mass is 16.6. The number of methoxy groups -OCH3 is 2. The third-order valence-corrected chi connectivity index (χ3v) is 4.29. The van der Waals surface area contributed by atoms with E-state index in [0.29, 0.717) is 37.7 Å². The molecule has 0 atom stereocenters. The Morgan fingerprint density at radius 3 is 2.25 bits per heavy atom. The standard InChI is InChI=1S/C21H30N2O5/c1-21(2,3)28-20(25)23-12-6-11-22(13-14-23)19(24)10-8-16-7-9-17(26-4)18(15-16)27-5/h7-10,15H,6,11-14H2,1-5H3/b10-8+. The van der Waals surface area contributed by atoms with Crippen LogP contribution in [0.4, 0.5) is 4.79 Å². The predicted octanol–water partition coefficient (Wildman–Crippen LogP) is 3.19. The molecule has 0 bridgehead atoms. The second-order valence-electron chi connectivity index (χ2n) is 7.59. The average molecular weight is 390 g/mol. The van der Waals surface area contributed by atoms with Crippen molar-refractivity contribution in [3.05, 3.63) is 29.8 Å². The van der Waals surface area contributed by atoms with Gasteiger partial charge in [-0.25, -0.2) is 4.79 Å². The zero-order valence-electron chi connectivity index (χ0n) is 17.4. The number of amides is 2. The second kappa shape index (κ2) is 9.48. The van der Waals surface area contributed by atoms with E-state index in [1.165, 1.54) is 0 Å². The summed E-state index contributed by atoms with van der Waals surface area (Å²) in [6, 6.07) is 5.47. The van der Waals surface area contributed by atoms with E-state index in [1.807, 2.05) is 32.9 Å². The van der Waals surface area contributed by atoms with Gasteiger partial charge in [-0.05, 0) is 51.0 Å². The van der Waals surface area contributed by atoms with E-state index in [9.17, 15) is 9.59 Å². The molecule has 2 rings (SSSR count). The summed E-state index contributed by atoms with van der Waals surface area (Å²) in [4.78, 5) is 28.2. The molecular formula is C21H30N2O5. The lowest BCUT2D eigenvalue weighted by molar-refractivity contribution is -0.125. The minimum Gasteiger partial charge on any atom is -0.493 e. The van der Waals surface area contributed by atoms with Crippen molar-refractivity contribution in [2.24, 2.45) is 0 Å². The molecule has 0 unspecified atom stereocenters. The fraction of sp³-hybridized carbons (Fsp3) is 0.524. The van der Waals surface area contributed by atoms with Gasteiger partial charge in [-0.3, -0.25) is 4.79 Å². The van der Waals surface area contributed by atoms with Crippen LogP contribution in [0.15, 0.2) is 24.3 Å². The van der Waals surface area contributed by atoms with Gasteiger partial charge in [0, 0.05) is 32.3 Å². The molecule has 1 aliphatic heterocycles. The van der Waals surface area contributed by atoms with Crippen LogP contribution in [0.3, 0.4) is 0 Å². The van der Waals surface area contributed by atoms with Gasteiger partial charge in [0.1, 0.15) is 5.60 Å². The molecule has 0 N–H and O–H groups in total. The molecule has 0 aliphatic carbocycles. The molecule has 0 radical (unpaired) electrons. The van der Waals surface area contributed by atoms with Gasteiger partial charge in [0.25, 0.3) is 0 Å². The van der Waals surface area contributed by atoms with Gasteiger partial charge < -0.3 is 24.0 Å². The van der Waals surface area contributed by atoms with Crippen LogP contribution in [0.1, 0.15) is 32.8 Å². The quantitative estimate of drug-likeness (QED) is 0.739. The van der Waals surface area contributed by atoms with E-state index in [2.05, 4.69) is 0 Å². The van der Waals surface area contributed by atoms with E-state index in [1.54, 1.807) is 42.2 Å². The SMILES string of the molecule is COc1ccc(/C=C/C(=O)N2CCCN(C(=O)OC(C)(C)C)CC2)cc1OC. The number of hydrogen-bond donors (Lipinski definition) is 0. The smallest absolute Gasteiger partial charge is 0.410 e. The fourth-order valence-corrected chi connectivity index (χ4v) is 2.88. The van der Waals surface area contributed by atoms with Crippen LogP contribution in [0.25, 0.3) is 6.08 Å². The molecule has 1 heterocycles. The van der Waals surface area contributed by atoms with Crippen molar-refractivity contribution in [1.82, 2.24) is 9.80 Å². The Balaban J connectivity index is 1.96. The third kappa shape index (κ3) is 6.18. The summed E-state index contributed by atoms with van der Waals surface area (Å²) in [6.45, 7) is 7.66. The third-order valence-electron chi connectivity index (χ3n) is 4.29.